The van der Waals surface area contributed by atoms with Gasteiger partial charge in [0.05, 0.1) is 5.52 Å². The van der Waals surface area contributed by atoms with E-state index in [9.17, 15) is 4.79 Å². The Labute approximate surface area is 94.3 Å². The van der Waals surface area contributed by atoms with Crippen LogP contribution in [-0.2, 0) is 0 Å². The lowest BCUT2D eigenvalue weighted by Crippen LogP contribution is -2.04. The van der Waals surface area contributed by atoms with E-state index in [2.05, 4.69) is 20.9 Å². The first-order valence-electron chi connectivity index (χ1n) is 4.85. The molecule has 1 aromatic heterocycles. The fraction of sp³-hybridized carbons (Fsp3) is 0.273. The van der Waals surface area contributed by atoms with E-state index in [0.717, 1.165) is 17.3 Å². The number of aromatic nitrogens is 1. The van der Waals surface area contributed by atoms with Crippen LogP contribution in [0.15, 0.2) is 31.9 Å². The molecule has 1 fully saturated rings. The zero-order chi connectivity index (χ0) is 10.4. The zero-order valence-corrected chi connectivity index (χ0v) is 9.45. The quantitative estimate of drug-likeness (QED) is 0.797. The van der Waals surface area contributed by atoms with Crippen molar-refractivity contribution in [3.05, 3.63) is 39.0 Å². The second kappa shape index (κ2) is 3.17. The summed E-state index contributed by atoms with van der Waals surface area (Å²) in [6, 6.07) is 5.52. The summed E-state index contributed by atoms with van der Waals surface area (Å²) in [6.45, 7) is 0. The van der Waals surface area contributed by atoms with Crippen molar-refractivity contribution in [1.29, 1.82) is 0 Å². The van der Waals surface area contributed by atoms with Gasteiger partial charge in [-0.2, -0.15) is 0 Å². The average Bonchev–Trinajstić information content (AvgIpc) is 3.00. The lowest BCUT2D eigenvalue weighted by atomic mass is 10.2. The predicted octanol–water partition coefficient (Wildman–Crippen LogP) is 2.83. The minimum Gasteiger partial charge on any atom is -0.408 e. The molecule has 3 nitrogen and oxygen atoms in total. The largest absolute Gasteiger partial charge is 0.408 e. The number of nitrogens with zero attached hydrogens (tertiary/aromatic N) is 1. The summed E-state index contributed by atoms with van der Waals surface area (Å²) in [4.78, 5) is 16.1. The van der Waals surface area contributed by atoms with Crippen LogP contribution < -0.4 is 5.63 Å². The van der Waals surface area contributed by atoms with Gasteiger partial charge in [-0.3, -0.25) is 0 Å². The molecule has 1 heterocycles. The number of benzene rings is 1. The molecule has 15 heavy (non-hydrogen) atoms. The summed E-state index contributed by atoms with van der Waals surface area (Å²) in [6.07, 6.45) is 2.16. The number of hydrogen-bond acceptors (Lipinski definition) is 3. The van der Waals surface area contributed by atoms with Crippen molar-refractivity contribution in [2.24, 2.45) is 0 Å². The molecule has 1 aliphatic rings. The summed E-state index contributed by atoms with van der Waals surface area (Å²) in [7, 11) is 0. The van der Waals surface area contributed by atoms with Crippen LogP contribution in [0, 0.1) is 0 Å². The van der Waals surface area contributed by atoms with Crippen molar-refractivity contribution in [2.75, 3.05) is 0 Å². The second-order valence-corrected chi connectivity index (χ2v) is 4.60. The monoisotopic (exact) mass is 265 g/mol. The van der Waals surface area contributed by atoms with E-state index in [1.807, 2.05) is 18.2 Å². The van der Waals surface area contributed by atoms with Crippen molar-refractivity contribution in [3.63, 3.8) is 0 Å². The Hall–Kier alpha value is -1.16. The van der Waals surface area contributed by atoms with E-state index >= 15 is 0 Å². The van der Waals surface area contributed by atoms with E-state index in [1.54, 1.807) is 0 Å². The van der Waals surface area contributed by atoms with Gasteiger partial charge in [0.15, 0.2) is 0 Å². The maximum atomic E-state index is 11.7. The summed E-state index contributed by atoms with van der Waals surface area (Å²) in [5, 5.41) is 0.530. The maximum absolute atomic E-state index is 11.7. The molecule has 3 rings (SSSR count). The molecule has 0 spiro atoms. The van der Waals surface area contributed by atoms with Gasteiger partial charge in [-0.25, -0.2) is 9.78 Å². The Balaban J connectivity index is 2.36. The van der Waals surface area contributed by atoms with Crippen LogP contribution in [0.2, 0.25) is 0 Å². The average molecular weight is 266 g/mol. The zero-order valence-electron chi connectivity index (χ0n) is 7.87. The molecule has 0 unspecified atom stereocenters. The molecule has 1 saturated carbocycles. The van der Waals surface area contributed by atoms with Crippen molar-refractivity contribution in [3.8, 4) is 0 Å². The summed E-state index contributed by atoms with van der Waals surface area (Å²) >= 11 is 3.32. The Morgan fingerprint density at radius 3 is 2.93 bits per heavy atom. The molecule has 0 N–H and O–H groups in total. The van der Waals surface area contributed by atoms with Crippen molar-refractivity contribution >= 4 is 26.8 Å². The molecule has 0 saturated heterocycles. The van der Waals surface area contributed by atoms with Crippen LogP contribution in [-0.4, -0.2) is 4.98 Å². The molecule has 4 heteroatoms. The van der Waals surface area contributed by atoms with Crippen molar-refractivity contribution in [2.45, 2.75) is 18.8 Å². The molecular formula is C11H8BrNO2. The lowest BCUT2D eigenvalue weighted by Gasteiger charge is -2.00. The fourth-order valence-corrected chi connectivity index (χ4v) is 2.12. The van der Waals surface area contributed by atoms with Gasteiger partial charge in [-0.15, -0.1) is 0 Å². The lowest BCUT2D eigenvalue weighted by molar-refractivity contribution is 0.446. The third-order valence-corrected chi connectivity index (χ3v) is 3.21. The molecule has 1 aliphatic carbocycles. The van der Waals surface area contributed by atoms with Gasteiger partial charge in [0.25, 0.3) is 0 Å². The number of fused-ring (bicyclic) bond motifs is 1. The molecular weight excluding hydrogens is 258 g/mol. The predicted molar refractivity (Wildman–Crippen MR) is 60.0 cm³/mol. The molecule has 2 aromatic rings. The number of halogens is 1. The molecule has 1 aromatic carbocycles. The third-order valence-electron chi connectivity index (χ3n) is 2.55. The molecule has 0 aliphatic heterocycles. The molecule has 0 bridgehead atoms. The van der Waals surface area contributed by atoms with E-state index in [-0.39, 0.29) is 5.63 Å². The molecule has 0 atom stereocenters. The van der Waals surface area contributed by atoms with Gasteiger partial charge in [0.1, 0.15) is 5.39 Å². The summed E-state index contributed by atoms with van der Waals surface area (Å²) in [5.41, 5.74) is 0.414. The molecule has 76 valence electrons. The Kier molecular flexibility index (Phi) is 1.92. The number of hydrogen-bond donors (Lipinski definition) is 0. The topological polar surface area (TPSA) is 43.1 Å². The fourth-order valence-electron chi connectivity index (χ4n) is 1.60. The molecule has 0 amide bonds. The van der Waals surface area contributed by atoms with Crippen LogP contribution >= 0.6 is 15.9 Å². The first kappa shape index (κ1) is 9.09. The van der Waals surface area contributed by atoms with Gasteiger partial charge in [-0.05, 0) is 40.9 Å². The highest BCUT2D eigenvalue weighted by molar-refractivity contribution is 9.10. The van der Waals surface area contributed by atoms with E-state index in [0.29, 0.717) is 22.7 Å². The van der Waals surface area contributed by atoms with Crippen LogP contribution in [0.3, 0.4) is 0 Å². The van der Waals surface area contributed by atoms with Gasteiger partial charge in [0.2, 0.25) is 5.89 Å². The standard InChI is InChI=1S/C11H8BrNO2/c12-7-2-1-3-8-9(7)11(14)15-10(13-8)6-4-5-6/h1-3,6H,4-5H2. The van der Waals surface area contributed by atoms with Gasteiger partial charge in [0, 0.05) is 10.4 Å². The SMILES string of the molecule is O=c1oc(C2CC2)nc2cccc(Br)c12. The summed E-state index contributed by atoms with van der Waals surface area (Å²) < 4.78 is 5.94. The highest BCUT2D eigenvalue weighted by Crippen LogP contribution is 2.39. The smallest absolute Gasteiger partial charge is 0.347 e. The maximum Gasteiger partial charge on any atom is 0.347 e. The first-order valence-corrected chi connectivity index (χ1v) is 5.64. The van der Waals surface area contributed by atoms with E-state index < -0.39 is 0 Å². The van der Waals surface area contributed by atoms with Crippen molar-refractivity contribution in [1.82, 2.24) is 4.98 Å². The minimum absolute atomic E-state index is 0.297. The normalized spacial score (nSPS) is 15.8. The van der Waals surface area contributed by atoms with Crippen molar-refractivity contribution < 1.29 is 4.42 Å². The minimum atomic E-state index is -0.297. The Morgan fingerprint density at radius 2 is 2.20 bits per heavy atom. The van der Waals surface area contributed by atoms with E-state index in [1.165, 1.54) is 0 Å². The van der Waals surface area contributed by atoms with Gasteiger partial charge in [-0.1, -0.05) is 6.07 Å². The highest BCUT2D eigenvalue weighted by atomic mass is 79.9. The van der Waals surface area contributed by atoms with Crippen LogP contribution in [0.5, 0.6) is 0 Å². The van der Waals surface area contributed by atoms with Gasteiger partial charge >= 0.3 is 5.63 Å². The summed E-state index contributed by atoms with van der Waals surface area (Å²) in [5.74, 6) is 0.951. The highest BCUT2D eigenvalue weighted by Gasteiger charge is 2.28. The van der Waals surface area contributed by atoms with Crippen LogP contribution in [0.25, 0.3) is 10.9 Å². The Morgan fingerprint density at radius 1 is 1.40 bits per heavy atom. The molecule has 0 radical (unpaired) electrons. The van der Waals surface area contributed by atoms with Crippen LogP contribution in [0.1, 0.15) is 24.7 Å². The number of rotatable bonds is 1. The Bertz CT molecular complexity index is 587. The third kappa shape index (κ3) is 1.49. The second-order valence-electron chi connectivity index (χ2n) is 3.75. The first-order chi connectivity index (χ1) is 7.25. The van der Waals surface area contributed by atoms with E-state index in [4.69, 9.17) is 4.42 Å². The van der Waals surface area contributed by atoms with Crippen LogP contribution in [0.4, 0.5) is 0 Å². The van der Waals surface area contributed by atoms with Gasteiger partial charge < -0.3 is 4.42 Å².